The highest BCUT2D eigenvalue weighted by Gasteiger charge is 2.48. The zero-order valence-electron chi connectivity index (χ0n) is 11.7. The number of thiazole rings is 1. The van der Waals surface area contributed by atoms with Gasteiger partial charge in [0.15, 0.2) is 0 Å². The number of amides is 1. The average Bonchev–Trinajstić information content (AvgIpc) is 3.12. The number of nitrogens with zero attached hydrogens (tertiary/aromatic N) is 2. The fraction of sp³-hybridized carbons (Fsp3) is 0.400. The van der Waals surface area contributed by atoms with Crippen molar-refractivity contribution in [3.05, 3.63) is 29.3 Å². The minimum atomic E-state index is -1.06. The van der Waals surface area contributed by atoms with Crippen molar-refractivity contribution in [1.82, 2.24) is 9.88 Å². The number of fused-ring (bicyclic) bond motifs is 1. The molecule has 1 aliphatic heterocycles. The van der Waals surface area contributed by atoms with Crippen LogP contribution in [0.15, 0.2) is 23.7 Å². The van der Waals surface area contributed by atoms with Crippen molar-refractivity contribution in [2.45, 2.75) is 31.7 Å². The third-order valence-electron chi connectivity index (χ3n) is 4.30. The van der Waals surface area contributed by atoms with Gasteiger partial charge in [0, 0.05) is 12.1 Å². The van der Waals surface area contributed by atoms with E-state index in [-0.39, 0.29) is 5.91 Å². The molecule has 1 N–H and O–H groups in total. The molecule has 1 aromatic heterocycles. The van der Waals surface area contributed by atoms with Crippen LogP contribution in [-0.4, -0.2) is 39.0 Å². The van der Waals surface area contributed by atoms with Gasteiger partial charge in [0.2, 0.25) is 0 Å². The lowest BCUT2D eigenvalue weighted by Gasteiger charge is -2.34. The van der Waals surface area contributed by atoms with Gasteiger partial charge in [0.1, 0.15) is 5.54 Å². The number of aromatic nitrogens is 1. The quantitative estimate of drug-likeness (QED) is 0.946. The number of hydrogen-bond acceptors (Lipinski definition) is 4. The van der Waals surface area contributed by atoms with Gasteiger partial charge in [-0.15, -0.1) is 11.3 Å². The molecule has 1 fully saturated rings. The van der Waals surface area contributed by atoms with Crippen LogP contribution < -0.4 is 0 Å². The summed E-state index contributed by atoms with van der Waals surface area (Å²) < 4.78 is 0.942. The van der Waals surface area contributed by atoms with Crippen LogP contribution in [0.5, 0.6) is 0 Å². The summed E-state index contributed by atoms with van der Waals surface area (Å²) in [5, 5.41) is 9.57. The smallest absolute Gasteiger partial charge is 0.329 e. The Hall–Kier alpha value is -1.95. The van der Waals surface area contributed by atoms with Gasteiger partial charge >= 0.3 is 5.97 Å². The molecular formula is C15H16N2O3S. The molecule has 0 bridgehead atoms. The molecule has 0 saturated carbocycles. The van der Waals surface area contributed by atoms with E-state index >= 15 is 0 Å². The molecule has 0 aliphatic carbocycles. The van der Waals surface area contributed by atoms with Crippen LogP contribution in [-0.2, 0) is 4.79 Å². The predicted octanol–water partition coefficient (Wildman–Crippen LogP) is 2.77. The summed E-state index contributed by atoms with van der Waals surface area (Å²) >= 11 is 1.48. The van der Waals surface area contributed by atoms with E-state index in [0.717, 1.165) is 16.6 Å². The minimum Gasteiger partial charge on any atom is -0.479 e. The largest absolute Gasteiger partial charge is 0.479 e. The Bertz CT molecular complexity index is 712. The number of carboxylic acid groups (broad SMARTS) is 1. The van der Waals surface area contributed by atoms with Crippen LogP contribution in [0.2, 0.25) is 0 Å². The summed E-state index contributed by atoms with van der Waals surface area (Å²) in [6.45, 7) is 2.33. The standard InChI is InChI=1S/C15H16N2O3S/c1-2-15(14(19)20)6-3-7-17(15)13(18)10-4-5-11-12(8-10)21-9-16-11/h4-5,8-9H,2-3,6-7H2,1H3,(H,19,20). The first-order valence-corrected chi connectivity index (χ1v) is 7.85. The van der Waals surface area contributed by atoms with Gasteiger partial charge in [0.05, 0.1) is 15.7 Å². The van der Waals surface area contributed by atoms with Crippen LogP contribution in [0.4, 0.5) is 0 Å². The minimum absolute atomic E-state index is 0.202. The Morgan fingerprint density at radius 3 is 3.00 bits per heavy atom. The maximum atomic E-state index is 12.7. The van der Waals surface area contributed by atoms with Gasteiger partial charge in [-0.2, -0.15) is 0 Å². The van der Waals surface area contributed by atoms with Gasteiger partial charge in [-0.25, -0.2) is 9.78 Å². The van der Waals surface area contributed by atoms with Crippen molar-refractivity contribution >= 4 is 33.4 Å². The van der Waals surface area contributed by atoms with Crippen molar-refractivity contribution in [2.24, 2.45) is 0 Å². The van der Waals surface area contributed by atoms with E-state index in [2.05, 4.69) is 4.98 Å². The highest BCUT2D eigenvalue weighted by molar-refractivity contribution is 7.16. The number of carbonyl (C=O) groups excluding carboxylic acids is 1. The van der Waals surface area contributed by atoms with Crippen LogP contribution in [0.1, 0.15) is 36.5 Å². The molecule has 2 heterocycles. The lowest BCUT2D eigenvalue weighted by molar-refractivity contribution is -0.148. The zero-order valence-corrected chi connectivity index (χ0v) is 12.5. The highest BCUT2D eigenvalue weighted by Crippen LogP contribution is 2.34. The first kappa shape index (κ1) is 14.0. The molecule has 1 saturated heterocycles. The molecule has 0 radical (unpaired) electrons. The van der Waals surface area contributed by atoms with E-state index in [1.807, 2.05) is 13.0 Å². The van der Waals surface area contributed by atoms with Gasteiger partial charge in [0.25, 0.3) is 5.91 Å². The molecular weight excluding hydrogens is 288 g/mol. The van der Waals surface area contributed by atoms with E-state index in [1.165, 1.54) is 16.2 Å². The van der Waals surface area contributed by atoms with Gasteiger partial charge in [-0.05, 0) is 37.5 Å². The van der Waals surface area contributed by atoms with Crippen molar-refractivity contribution in [3.8, 4) is 0 Å². The maximum absolute atomic E-state index is 12.7. The molecule has 0 spiro atoms. The lowest BCUT2D eigenvalue weighted by Crippen LogP contribution is -2.52. The summed E-state index contributed by atoms with van der Waals surface area (Å²) in [4.78, 5) is 30.1. The first-order valence-electron chi connectivity index (χ1n) is 6.97. The molecule has 5 nitrogen and oxygen atoms in total. The fourth-order valence-electron chi connectivity index (χ4n) is 3.06. The van der Waals surface area contributed by atoms with Crippen LogP contribution in [0.25, 0.3) is 10.2 Å². The molecule has 6 heteroatoms. The van der Waals surface area contributed by atoms with Crippen LogP contribution >= 0.6 is 11.3 Å². The van der Waals surface area contributed by atoms with E-state index in [1.54, 1.807) is 17.6 Å². The molecule has 2 aromatic rings. The summed E-state index contributed by atoms with van der Waals surface area (Å²) in [7, 11) is 0. The topological polar surface area (TPSA) is 70.5 Å². The third-order valence-corrected chi connectivity index (χ3v) is 5.09. The monoisotopic (exact) mass is 304 g/mol. The maximum Gasteiger partial charge on any atom is 0.329 e. The molecule has 1 aliphatic rings. The fourth-order valence-corrected chi connectivity index (χ4v) is 3.78. The number of aliphatic carboxylic acids is 1. The summed E-state index contributed by atoms with van der Waals surface area (Å²) in [5.74, 6) is -1.11. The molecule has 1 aromatic carbocycles. The summed E-state index contributed by atoms with van der Waals surface area (Å²) in [5.41, 5.74) is 2.08. The Balaban J connectivity index is 1.98. The zero-order chi connectivity index (χ0) is 15.0. The third kappa shape index (κ3) is 2.10. The molecule has 1 unspecified atom stereocenters. The van der Waals surface area contributed by atoms with Crippen molar-refractivity contribution in [1.29, 1.82) is 0 Å². The second-order valence-electron chi connectivity index (χ2n) is 5.29. The van der Waals surface area contributed by atoms with Gasteiger partial charge in [-0.1, -0.05) is 6.92 Å². The first-order chi connectivity index (χ1) is 10.1. The van der Waals surface area contributed by atoms with Crippen molar-refractivity contribution < 1.29 is 14.7 Å². The number of rotatable bonds is 3. The Kier molecular flexibility index (Phi) is 3.41. The Labute approximate surface area is 126 Å². The molecule has 3 rings (SSSR count). The number of hydrogen-bond donors (Lipinski definition) is 1. The van der Waals surface area contributed by atoms with E-state index in [9.17, 15) is 14.7 Å². The Morgan fingerprint density at radius 2 is 2.29 bits per heavy atom. The molecule has 21 heavy (non-hydrogen) atoms. The van der Waals surface area contributed by atoms with Crippen LogP contribution in [0, 0.1) is 0 Å². The summed E-state index contributed by atoms with van der Waals surface area (Å²) in [6, 6.07) is 5.34. The van der Waals surface area contributed by atoms with Crippen LogP contribution in [0.3, 0.4) is 0 Å². The summed E-state index contributed by atoms with van der Waals surface area (Å²) in [6.07, 6.45) is 1.68. The SMILES string of the molecule is CCC1(C(=O)O)CCCN1C(=O)c1ccc2ncsc2c1. The number of likely N-dealkylation sites (tertiary alicyclic amines) is 1. The molecule has 1 atom stereocenters. The number of carboxylic acids is 1. The number of carbonyl (C=O) groups is 2. The average molecular weight is 304 g/mol. The van der Waals surface area contributed by atoms with Gasteiger partial charge < -0.3 is 10.0 Å². The Morgan fingerprint density at radius 1 is 1.48 bits per heavy atom. The predicted molar refractivity (Wildman–Crippen MR) is 80.5 cm³/mol. The lowest BCUT2D eigenvalue weighted by atomic mass is 9.92. The van der Waals surface area contributed by atoms with E-state index in [4.69, 9.17) is 0 Å². The van der Waals surface area contributed by atoms with Crippen molar-refractivity contribution in [3.63, 3.8) is 0 Å². The highest BCUT2D eigenvalue weighted by atomic mass is 32.1. The van der Waals surface area contributed by atoms with Crippen molar-refractivity contribution in [2.75, 3.05) is 6.54 Å². The van der Waals surface area contributed by atoms with E-state index in [0.29, 0.717) is 24.9 Å². The van der Waals surface area contributed by atoms with E-state index < -0.39 is 11.5 Å². The normalized spacial score (nSPS) is 21.9. The molecule has 1 amide bonds. The molecule has 110 valence electrons. The second-order valence-corrected chi connectivity index (χ2v) is 6.17. The number of benzene rings is 1. The van der Waals surface area contributed by atoms with Gasteiger partial charge in [-0.3, -0.25) is 4.79 Å². The second kappa shape index (κ2) is 5.11.